The Bertz CT molecular complexity index is 906. The number of nitrogens with one attached hydrogen (secondary N) is 1. The summed E-state index contributed by atoms with van der Waals surface area (Å²) in [6, 6.07) is 14.4. The van der Waals surface area contributed by atoms with Crippen LogP contribution in [0.1, 0.15) is 24.2 Å². The average molecular weight is 306 g/mol. The zero-order valence-corrected chi connectivity index (χ0v) is 12.4. The van der Waals surface area contributed by atoms with Crippen LogP contribution in [0.5, 0.6) is 0 Å². The first-order valence-corrected chi connectivity index (χ1v) is 7.07. The molecule has 0 spiro atoms. The Balaban J connectivity index is 2.19. The molecular formula is C17H14N4O2. The Hall–Kier alpha value is -3.33. The molecule has 114 valence electrons. The molecule has 1 unspecified atom stereocenters. The molecule has 1 atom stereocenters. The van der Waals surface area contributed by atoms with E-state index in [1.807, 2.05) is 40.9 Å². The fourth-order valence-electron chi connectivity index (χ4n) is 2.56. The van der Waals surface area contributed by atoms with Gasteiger partial charge in [-0.15, -0.1) is 0 Å². The van der Waals surface area contributed by atoms with E-state index < -0.39 is 12.1 Å². The second kappa shape index (κ2) is 5.81. The fraction of sp³-hybridized carbons (Fsp3) is 0.118. The summed E-state index contributed by atoms with van der Waals surface area (Å²) >= 11 is 0. The van der Waals surface area contributed by atoms with Crippen molar-refractivity contribution in [2.24, 2.45) is 0 Å². The standard InChI is InChI=1S/C17H14N4O2/c1-11(19-17(22)23)15-16(13-7-5-12(10-18)6-8-13)21-9-3-2-4-14(21)20-15/h2-9,11,19H,1H3,(H,22,23). The van der Waals surface area contributed by atoms with Gasteiger partial charge in [-0.3, -0.25) is 4.40 Å². The molecule has 2 aromatic heterocycles. The molecule has 1 amide bonds. The van der Waals surface area contributed by atoms with Crippen LogP contribution in [0.4, 0.5) is 4.79 Å². The largest absolute Gasteiger partial charge is 0.465 e. The molecule has 23 heavy (non-hydrogen) atoms. The van der Waals surface area contributed by atoms with E-state index in [0.717, 1.165) is 16.9 Å². The quantitative estimate of drug-likeness (QED) is 0.777. The first-order valence-electron chi connectivity index (χ1n) is 7.07. The summed E-state index contributed by atoms with van der Waals surface area (Å²) in [5.41, 5.74) is 3.63. The summed E-state index contributed by atoms with van der Waals surface area (Å²) in [5, 5.41) is 20.3. The first kappa shape index (κ1) is 14.6. The van der Waals surface area contributed by atoms with Gasteiger partial charge >= 0.3 is 6.09 Å². The number of benzene rings is 1. The van der Waals surface area contributed by atoms with Crippen molar-refractivity contribution < 1.29 is 9.90 Å². The number of carbonyl (C=O) groups is 1. The highest BCUT2D eigenvalue weighted by atomic mass is 16.4. The Morgan fingerprint density at radius 3 is 2.70 bits per heavy atom. The predicted molar refractivity (Wildman–Crippen MR) is 84.9 cm³/mol. The Morgan fingerprint density at radius 1 is 1.30 bits per heavy atom. The molecule has 3 rings (SSSR count). The molecule has 1 aromatic carbocycles. The van der Waals surface area contributed by atoms with Gasteiger partial charge in [0.15, 0.2) is 0 Å². The van der Waals surface area contributed by atoms with E-state index in [2.05, 4.69) is 16.4 Å². The second-order valence-electron chi connectivity index (χ2n) is 5.13. The molecule has 0 saturated carbocycles. The molecule has 3 aromatic rings. The summed E-state index contributed by atoms with van der Waals surface area (Å²) in [6.07, 6.45) is 0.785. The molecule has 6 nitrogen and oxygen atoms in total. The maximum Gasteiger partial charge on any atom is 0.405 e. The van der Waals surface area contributed by atoms with Crippen LogP contribution < -0.4 is 5.32 Å². The molecule has 6 heteroatoms. The van der Waals surface area contributed by atoms with E-state index in [9.17, 15) is 4.79 Å². The van der Waals surface area contributed by atoms with Crippen LogP contribution in [-0.4, -0.2) is 20.6 Å². The number of nitriles is 1. The highest BCUT2D eigenvalue weighted by Crippen LogP contribution is 2.29. The maximum atomic E-state index is 10.9. The SMILES string of the molecule is CC(NC(=O)O)c1nc2ccccn2c1-c1ccc(C#N)cc1. The van der Waals surface area contributed by atoms with Crippen molar-refractivity contribution in [1.82, 2.24) is 14.7 Å². The number of nitrogens with zero attached hydrogens (tertiary/aromatic N) is 3. The predicted octanol–water partition coefficient (Wildman–Crippen LogP) is 3.20. The van der Waals surface area contributed by atoms with Crippen molar-refractivity contribution in [1.29, 1.82) is 5.26 Å². The van der Waals surface area contributed by atoms with Gasteiger partial charge in [0, 0.05) is 11.8 Å². The minimum atomic E-state index is -1.10. The van der Waals surface area contributed by atoms with Crippen molar-refractivity contribution in [3.8, 4) is 17.3 Å². The zero-order valence-electron chi connectivity index (χ0n) is 12.4. The lowest BCUT2D eigenvalue weighted by Crippen LogP contribution is -2.25. The van der Waals surface area contributed by atoms with Crippen LogP contribution in [-0.2, 0) is 0 Å². The number of aromatic nitrogens is 2. The van der Waals surface area contributed by atoms with E-state index >= 15 is 0 Å². The third-order valence-electron chi connectivity index (χ3n) is 3.59. The maximum absolute atomic E-state index is 10.9. The third-order valence-corrected chi connectivity index (χ3v) is 3.59. The summed E-state index contributed by atoms with van der Waals surface area (Å²) in [4.78, 5) is 15.5. The zero-order chi connectivity index (χ0) is 16.4. The lowest BCUT2D eigenvalue weighted by Gasteiger charge is -2.12. The second-order valence-corrected chi connectivity index (χ2v) is 5.13. The number of imidazole rings is 1. The van der Waals surface area contributed by atoms with Gasteiger partial charge in [-0.25, -0.2) is 9.78 Å². The molecule has 0 aliphatic rings. The number of rotatable bonds is 3. The summed E-state index contributed by atoms with van der Waals surface area (Å²) in [5.74, 6) is 0. The van der Waals surface area contributed by atoms with Gasteiger partial charge in [-0.2, -0.15) is 5.26 Å². The van der Waals surface area contributed by atoms with Crippen LogP contribution in [0, 0.1) is 11.3 Å². The van der Waals surface area contributed by atoms with Gasteiger partial charge in [0.2, 0.25) is 0 Å². The van der Waals surface area contributed by atoms with Gasteiger partial charge < -0.3 is 10.4 Å². The van der Waals surface area contributed by atoms with Crippen molar-refractivity contribution in [2.75, 3.05) is 0 Å². The van der Waals surface area contributed by atoms with Gasteiger partial charge in [0.25, 0.3) is 0 Å². The highest BCUT2D eigenvalue weighted by molar-refractivity contribution is 5.70. The molecular weight excluding hydrogens is 292 g/mol. The van der Waals surface area contributed by atoms with Crippen molar-refractivity contribution in [3.05, 3.63) is 59.9 Å². The van der Waals surface area contributed by atoms with Crippen LogP contribution >= 0.6 is 0 Å². The van der Waals surface area contributed by atoms with Gasteiger partial charge in [-0.05, 0) is 31.2 Å². The lowest BCUT2D eigenvalue weighted by atomic mass is 10.0. The van der Waals surface area contributed by atoms with E-state index in [1.54, 1.807) is 19.1 Å². The summed E-state index contributed by atoms with van der Waals surface area (Å²) in [7, 11) is 0. The Kier molecular flexibility index (Phi) is 3.69. The lowest BCUT2D eigenvalue weighted by molar-refractivity contribution is 0.190. The Labute approximate surface area is 132 Å². The third kappa shape index (κ3) is 2.72. The van der Waals surface area contributed by atoms with E-state index in [1.165, 1.54) is 0 Å². The number of hydrogen-bond donors (Lipinski definition) is 2. The van der Waals surface area contributed by atoms with Crippen LogP contribution in [0.3, 0.4) is 0 Å². The van der Waals surface area contributed by atoms with Crippen molar-refractivity contribution >= 4 is 11.7 Å². The molecule has 0 aliphatic heterocycles. The molecule has 0 saturated heterocycles. The number of amides is 1. The van der Waals surface area contributed by atoms with Gasteiger partial charge in [0.1, 0.15) is 5.65 Å². The molecule has 0 radical (unpaired) electrons. The van der Waals surface area contributed by atoms with Gasteiger partial charge in [0.05, 0.1) is 29.1 Å². The smallest absolute Gasteiger partial charge is 0.405 e. The van der Waals surface area contributed by atoms with Crippen molar-refractivity contribution in [3.63, 3.8) is 0 Å². The van der Waals surface area contributed by atoms with Crippen LogP contribution in [0.15, 0.2) is 48.7 Å². The molecule has 0 fully saturated rings. The highest BCUT2D eigenvalue weighted by Gasteiger charge is 2.20. The van der Waals surface area contributed by atoms with E-state index in [4.69, 9.17) is 10.4 Å². The van der Waals surface area contributed by atoms with Crippen LogP contribution in [0.25, 0.3) is 16.9 Å². The molecule has 2 heterocycles. The number of fused-ring (bicyclic) bond motifs is 1. The summed E-state index contributed by atoms with van der Waals surface area (Å²) < 4.78 is 1.91. The normalized spacial score (nSPS) is 11.8. The monoisotopic (exact) mass is 306 g/mol. The first-order chi connectivity index (χ1) is 11.1. The minimum Gasteiger partial charge on any atom is -0.465 e. The average Bonchev–Trinajstić information content (AvgIpc) is 2.94. The number of hydrogen-bond acceptors (Lipinski definition) is 3. The minimum absolute atomic E-state index is 0.460. The molecule has 2 N–H and O–H groups in total. The summed E-state index contributed by atoms with van der Waals surface area (Å²) in [6.45, 7) is 1.75. The van der Waals surface area contributed by atoms with Crippen molar-refractivity contribution in [2.45, 2.75) is 13.0 Å². The van der Waals surface area contributed by atoms with Crippen LogP contribution in [0.2, 0.25) is 0 Å². The Morgan fingerprint density at radius 2 is 2.04 bits per heavy atom. The van der Waals surface area contributed by atoms with E-state index in [-0.39, 0.29) is 0 Å². The fourth-order valence-corrected chi connectivity index (χ4v) is 2.56. The van der Waals surface area contributed by atoms with Gasteiger partial charge in [-0.1, -0.05) is 18.2 Å². The number of pyridine rings is 1. The topological polar surface area (TPSA) is 90.4 Å². The number of carboxylic acid groups (broad SMARTS) is 1. The molecule has 0 bridgehead atoms. The molecule has 0 aliphatic carbocycles. The van der Waals surface area contributed by atoms with E-state index in [0.29, 0.717) is 11.3 Å².